The average molecular weight is 371 g/mol. The molecule has 1 rings (SSSR count). The smallest absolute Gasteiger partial charge is 0.335 e. The van der Waals surface area contributed by atoms with Crippen molar-refractivity contribution in [1.82, 2.24) is 5.32 Å². The molecule has 1 aromatic rings. The number of carboxylic acids is 1. The lowest BCUT2D eigenvalue weighted by molar-refractivity contribution is -0.116. The van der Waals surface area contributed by atoms with Crippen molar-refractivity contribution in [2.24, 2.45) is 5.73 Å². The number of aromatic carboxylic acids is 1. The maximum atomic E-state index is 12.0. The zero-order valence-electron chi connectivity index (χ0n) is 14.5. The largest absolute Gasteiger partial charge is 0.478 e. The van der Waals surface area contributed by atoms with E-state index in [1.807, 2.05) is 6.92 Å². The fourth-order valence-corrected chi connectivity index (χ4v) is 3.99. The van der Waals surface area contributed by atoms with Gasteiger partial charge in [0.15, 0.2) is 11.9 Å². The van der Waals surface area contributed by atoms with Crippen LogP contribution >= 0.6 is 7.72 Å². The van der Waals surface area contributed by atoms with Crippen molar-refractivity contribution >= 4 is 19.5 Å². The van der Waals surface area contributed by atoms with E-state index >= 15 is 0 Å². The third kappa shape index (κ3) is 8.52. The highest BCUT2D eigenvalue weighted by Gasteiger charge is 2.35. The van der Waals surface area contributed by atoms with E-state index in [1.165, 1.54) is 6.07 Å². The van der Waals surface area contributed by atoms with Crippen molar-refractivity contribution < 1.29 is 24.5 Å². The van der Waals surface area contributed by atoms with Crippen molar-refractivity contribution in [1.29, 1.82) is 0 Å². The van der Waals surface area contributed by atoms with Crippen LogP contribution in [0, 0.1) is 0 Å². The molecule has 1 atom stereocenters. The lowest BCUT2D eigenvalue weighted by atomic mass is 10.1. The summed E-state index contributed by atoms with van der Waals surface area (Å²) >= 11 is 0. The van der Waals surface area contributed by atoms with Crippen LogP contribution in [0.25, 0.3) is 0 Å². The molecular weight excluding hydrogens is 343 g/mol. The first-order chi connectivity index (χ1) is 11.7. The third-order valence-electron chi connectivity index (χ3n) is 3.89. The first kappa shape index (κ1) is 21.7. The Morgan fingerprint density at radius 1 is 1.24 bits per heavy atom. The van der Waals surface area contributed by atoms with Crippen LogP contribution in [0.3, 0.4) is 0 Å². The Kier molecular flexibility index (Phi) is 9.17. The van der Waals surface area contributed by atoms with Gasteiger partial charge >= 0.3 is 5.97 Å². The highest BCUT2D eigenvalue weighted by atomic mass is 31.2. The summed E-state index contributed by atoms with van der Waals surface area (Å²) in [5.74, 6) is -1.27. The summed E-state index contributed by atoms with van der Waals surface area (Å²) in [5, 5.41) is 12.0. The summed E-state index contributed by atoms with van der Waals surface area (Å²) in [4.78, 5) is 43.0. The molecule has 0 heterocycles. The SMILES string of the molecule is CC(NCC(=O)C[P+](O)(O)CCCCCN)c1cccc(C(=O)O)c1. The van der Waals surface area contributed by atoms with Gasteiger partial charge in [-0.2, -0.15) is 0 Å². The molecule has 0 radical (unpaired) electrons. The number of rotatable bonds is 12. The van der Waals surface area contributed by atoms with Crippen LogP contribution in [-0.2, 0) is 4.79 Å². The fourth-order valence-electron chi connectivity index (χ4n) is 2.43. The lowest BCUT2D eigenvalue weighted by Crippen LogP contribution is -2.28. The van der Waals surface area contributed by atoms with E-state index < -0.39 is 13.7 Å². The van der Waals surface area contributed by atoms with Crippen molar-refractivity contribution in [2.75, 3.05) is 25.4 Å². The topological polar surface area (TPSA) is 133 Å². The van der Waals surface area contributed by atoms with Crippen LogP contribution in [0.5, 0.6) is 0 Å². The predicted octanol–water partition coefficient (Wildman–Crippen LogP) is 1.57. The summed E-state index contributed by atoms with van der Waals surface area (Å²) < 4.78 is 0. The number of unbranched alkanes of at least 4 members (excludes halogenated alkanes) is 2. The zero-order valence-corrected chi connectivity index (χ0v) is 15.4. The van der Waals surface area contributed by atoms with Gasteiger partial charge in [0.2, 0.25) is 0 Å². The quantitative estimate of drug-likeness (QED) is 0.278. The molecule has 140 valence electrons. The minimum atomic E-state index is -3.20. The molecule has 0 aliphatic heterocycles. The summed E-state index contributed by atoms with van der Waals surface area (Å²) in [5.41, 5.74) is 6.33. The van der Waals surface area contributed by atoms with Gasteiger partial charge in [-0.3, -0.25) is 4.79 Å². The zero-order chi connectivity index (χ0) is 18.9. The summed E-state index contributed by atoms with van der Waals surface area (Å²) in [6.45, 7) is 2.40. The number of nitrogens with one attached hydrogen (secondary N) is 1. The Balaban J connectivity index is 2.44. The lowest BCUT2D eigenvalue weighted by Gasteiger charge is -2.16. The summed E-state index contributed by atoms with van der Waals surface area (Å²) in [7, 11) is -3.20. The van der Waals surface area contributed by atoms with Crippen LogP contribution in [-0.4, -0.2) is 52.1 Å². The van der Waals surface area contributed by atoms with E-state index in [0.29, 0.717) is 13.0 Å². The van der Waals surface area contributed by atoms with Gasteiger partial charge in [-0.15, -0.1) is 0 Å². The molecule has 0 spiro atoms. The first-order valence-electron chi connectivity index (χ1n) is 8.36. The van der Waals surface area contributed by atoms with Crippen LogP contribution in [0.2, 0.25) is 0 Å². The number of hydrogen-bond acceptors (Lipinski definition) is 6. The second-order valence-corrected chi connectivity index (χ2v) is 8.70. The molecule has 8 heteroatoms. The van der Waals surface area contributed by atoms with Crippen LogP contribution in [0.4, 0.5) is 0 Å². The van der Waals surface area contributed by atoms with Crippen molar-refractivity contribution in [3.63, 3.8) is 0 Å². The van der Waals surface area contributed by atoms with Crippen LogP contribution in [0.15, 0.2) is 24.3 Å². The Morgan fingerprint density at radius 2 is 1.96 bits per heavy atom. The van der Waals surface area contributed by atoms with Gasteiger partial charge in [0.25, 0.3) is 7.72 Å². The molecule has 0 bridgehead atoms. The fraction of sp³-hybridized carbons (Fsp3) is 0.529. The first-order valence-corrected chi connectivity index (χ1v) is 10.4. The monoisotopic (exact) mass is 371 g/mol. The van der Waals surface area contributed by atoms with Gasteiger partial charge in [-0.1, -0.05) is 12.1 Å². The van der Waals surface area contributed by atoms with Gasteiger partial charge in [0, 0.05) is 6.04 Å². The van der Waals surface area contributed by atoms with E-state index in [2.05, 4.69) is 5.32 Å². The number of nitrogens with two attached hydrogens (primary N) is 1. The molecule has 0 fully saturated rings. The van der Waals surface area contributed by atoms with Gasteiger partial charge in [-0.05, 0) is 50.4 Å². The number of hydrogen-bond donors (Lipinski definition) is 5. The van der Waals surface area contributed by atoms with E-state index in [1.54, 1.807) is 18.2 Å². The molecular formula is C17H28N2O5P+. The van der Waals surface area contributed by atoms with Crippen molar-refractivity contribution in [2.45, 2.75) is 32.2 Å². The van der Waals surface area contributed by atoms with Gasteiger partial charge < -0.3 is 16.2 Å². The number of benzene rings is 1. The van der Waals surface area contributed by atoms with Gasteiger partial charge in [-0.25, -0.2) is 14.6 Å². The van der Waals surface area contributed by atoms with E-state index in [0.717, 1.165) is 18.4 Å². The third-order valence-corrected chi connectivity index (χ3v) is 5.78. The van der Waals surface area contributed by atoms with Crippen LogP contribution < -0.4 is 11.1 Å². The number of ketones is 1. The Bertz CT molecular complexity index is 580. The average Bonchev–Trinajstić information content (AvgIpc) is 2.56. The molecule has 1 unspecified atom stereocenters. The maximum absolute atomic E-state index is 12.0. The minimum Gasteiger partial charge on any atom is -0.478 e. The molecule has 0 saturated heterocycles. The van der Waals surface area contributed by atoms with E-state index in [4.69, 9.17) is 10.8 Å². The predicted molar refractivity (Wildman–Crippen MR) is 98.8 cm³/mol. The van der Waals surface area contributed by atoms with Crippen LogP contribution in [0.1, 0.15) is 48.1 Å². The molecule has 0 aliphatic rings. The summed E-state index contributed by atoms with van der Waals surface area (Å²) in [6, 6.07) is 6.26. The molecule has 7 nitrogen and oxygen atoms in total. The molecule has 25 heavy (non-hydrogen) atoms. The Hall–Kier alpha value is -1.37. The number of carboxylic acid groups (broad SMARTS) is 1. The standard InChI is InChI=1S/C17H27N2O5P/c1-13(14-6-5-7-15(10-14)17(21)22)19-11-16(20)12-25(23,24)9-4-2-3-8-18/h5-7,10,13,19,23-24H,2-4,8-9,11-12,18H2,1H3/p+1. The Labute approximate surface area is 148 Å². The number of Topliss-reactive ketones (excluding diaryl/α,β-unsaturated/α-hetero) is 1. The summed E-state index contributed by atoms with van der Waals surface area (Å²) in [6.07, 6.45) is 2.32. The van der Waals surface area contributed by atoms with Crippen molar-refractivity contribution in [3.8, 4) is 0 Å². The molecule has 0 aliphatic carbocycles. The van der Waals surface area contributed by atoms with Gasteiger partial charge in [0.1, 0.15) is 6.16 Å². The Morgan fingerprint density at radius 3 is 2.60 bits per heavy atom. The van der Waals surface area contributed by atoms with Crippen molar-refractivity contribution in [3.05, 3.63) is 35.4 Å². The molecule has 0 saturated carbocycles. The highest BCUT2D eigenvalue weighted by molar-refractivity contribution is 7.65. The van der Waals surface area contributed by atoms with Gasteiger partial charge in [0.05, 0.1) is 12.1 Å². The van der Waals surface area contributed by atoms with E-state index in [9.17, 15) is 19.4 Å². The van der Waals surface area contributed by atoms with E-state index in [-0.39, 0.29) is 36.3 Å². The molecule has 6 N–H and O–H groups in total. The molecule has 0 amide bonds. The molecule has 0 aromatic heterocycles. The minimum absolute atomic E-state index is 0.00410. The second-order valence-electron chi connectivity index (χ2n) is 6.18. The molecule has 1 aromatic carbocycles. The number of carbonyl (C=O) groups excluding carboxylic acids is 1. The normalized spacial score (nSPS) is 12.8. The number of carbonyl (C=O) groups is 2. The highest BCUT2D eigenvalue weighted by Crippen LogP contribution is 2.50. The second kappa shape index (κ2) is 10.6. The maximum Gasteiger partial charge on any atom is 0.335 e.